The molecular formula is C21H25N4OS2+. The Hall–Kier alpha value is -1.67. The average molecular weight is 414 g/mol. The Labute approximate surface area is 173 Å². The van der Waals surface area contributed by atoms with Gasteiger partial charge in [0.05, 0.1) is 0 Å². The third kappa shape index (κ3) is 3.41. The van der Waals surface area contributed by atoms with E-state index in [1.54, 1.807) is 6.33 Å². The monoisotopic (exact) mass is 413 g/mol. The van der Waals surface area contributed by atoms with Gasteiger partial charge < -0.3 is 15.0 Å². The summed E-state index contributed by atoms with van der Waals surface area (Å²) in [7, 11) is 4.13. The van der Waals surface area contributed by atoms with Crippen LogP contribution in [0, 0.1) is 0 Å². The first kappa shape index (κ1) is 18.4. The number of aryl methyl sites for hydroxylation is 2. The summed E-state index contributed by atoms with van der Waals surface area (Å²) in [5, 5.41) is 4.74. The van der Waals surface area contributed by atoms with Gasteiger partial charge in [-0.15, -0.1) is 23.1 Å². The predicted molar refractivity (Wildman–Crippen MR) is 115 cm³/mol. The van der Waals surface area contributed by atoms with Crippen molar-refractivity contribution in [1.82, 2.24) is 9.97 Å². The smallest absolute Gasteiger partial charge is 0.217 e. The van der Waals surface area contributed by atoms with Crippen LogP contribution in [0.5, 0.6) is 0 Å². The summed E-state index contributed by atoms with van der Waals surface area (Å²) in [6.07, 6.45) is 5.70. The zero-order chi connectivity index (χ0) is 19.1. The fourth-order valence-electron chi connectivity index (χ4n) is 4.06. The number of nitrogens with zero attached hydrogens (tertiary/aromatic N) is 3. The first-order valence-corrected chi connectivity index (χ1v) is 11.6. The Morgan fingerprint density at radius 3 is 2.89 bits per heavy atom. The van der Waals surface area contributed by atoms with Crippen molar-refractivity contribution in [2.75, 3.05) is 31.3 Å². The van der Waals surface area contributed by atoms with E-state index in [-0.39, 0.29) is 12.3 Å². The lowest BCUT2D eigenvalue weighted by Gasteiger charge is -2.14. The molecule has 2 N–H and O–H groups in total. The van der Waals surface area contributed by atoms with Gasteiger partial charge in [0.25, 0.3) is 0 Å². The van der Waals surface area contributed by atoms with Crippen LogP contribution in [0.4, 0.5) is 5.69 Å². The lowest BCUT2D eigenvalue weighted by molar-refractivity contribution is -0.697. The molecule has 7 heteroatoms. The molecule has 2 atom stereocenters. The van der Waals surface area contributed by atoms with Crippen LogP contribution in [0.2, 0.25) is 0 Å². The highest BCUT2D eigenvalue weighted by atomic mass is 32.2. The molecule has 5 nitrogen and oxygen atoms in total. The van der Waals surface area contributed by atoms with Gasteiger partial charge in [0, 0.05) is 41.4 Å². The number of hydrogen-bond acceptors (Lipinski definition) is 6. The molecule has 2 aliphatic rings. The van der Waals surface area contributed by atoms with Crippen LogP contribution in [0.25, 0.3) is 10.2 Å². The molecule has 28 heavy (non-hydrogen) atoms. The quantitative estimate of drug-likeness (QED) is 0.515. The maximum Gasteiger partial charge on any atom is 0.217 e. The second-order valence-corrected chi connectivity index (χ2v) is 9.76. The van der Waals surface area contributed by atoms with Crippen molar-refractivity contribution in [3.63, 3.8) is 0 Å². The van der Waals surface area contributed by atoms with Gasteiger partial charge in [0.1, 0.15) is 28.8 Å². The van der Waals surface area contributed by atoms with Crippen molar-refractivity contribution >= 4 is 39.0 Å². The molecule has 1 aliphatic heterocycles. The average Bonchev–Trinajstić information content (AvgIpc) is 3.42. The van der Waals surface area contributed by atoms with E-state index in [1.807, 2.05) is 23.1 Å². The molecule has 0 amide bonds. The van der Waals surface area contributed by atoms with Gasteiger partial charge in [-0.1, -0.05) is 0 Å². The molecular weight excluding hydrogens is 388 g/mol. The molecule has 0 spiro atoms. The molecule has 3 heterocycles. The molecule has 0 bridgehead atoms. The van der Waals surface area contributed by atoms with E-state index < -0.39 is 0 Å². The molecule has 0 unspecified atom stereocenters. The molecule has 0 saturated carbocycles. The topological polar surface area (TPSA) is 54.9 Å². The Kier molecular flexibility index (Phi) is 5.00. The molecule has 5 rings (SSSR count). The summed E-state index contributed by atoms with van der Waals surface area (Å²) in [5.41, 5.74) is 3.95. The minimum absolute atomic E-state index is 0.0950. The van der Waals surface area contributed by atoms with E-state index in [0.717, 1.165) is 22.2 Å². The SMILES string of the molecule is CN(C)c1ccc([C@H]2[NH2+]C[C@@H](CSc3ncnc4sc5c(c34)CCC5)O2)cc1. The Morgan fingerprint density at radius 2 is 2.07 bits per heavy atom. The number of rotatable bonds is 5. The van der Waals surface area contributed by atoms with Crippen molar-refractivity contribution in [3.8, 4) is 0 Å². The second-order valence-electron chi connectivity index (χ2n) is 7.66. The first-order valence-electron chi connectivity index (χ1n) is 9.83. The van der Waals surface area contributed by atoms with Crippen LogP contribution in [-0.2, 0) is 17.6 Å². The van der Waals surface area contributed by atoms with E-state index in [1.165, 1.54) is 46.3 Å². The van der Waals surface area contributed by atoms with E-state index in [2.05, 4.69) is 58.5 Å². The Balaban J connectivity index is 1.25. The molecule has 1 saturated heterocycles. The largest absolute Gasteiger partial charge is 0.378 e. The number of thiophene rings is 1. The van der Waals surface area contributed by atoms with E-state index >= 15 is 0 Å². The van der Waals surface area contributed by atoms with Crippen LogP contribution in [0.1, 0.15) is 28.7 Å². The minimum atomic E-state index is 0.0950. The molecule has 3 aromatic rings. The number of thioether (sulfide) groups is 1. The third-order valence-electron chi connectivity index (χ3n) is 5.56. The predicted octanol–water partition coefficient (Wildman–Crippen LogP) is 3.00. The lowest BCUT2D eigenvalue weighted by Crippen LogP contribution is -2.82. The van der Waals surface area contributed by atoms with Gasteiger partial charge in [0.15, 0.2) is 0 Å². The van der Waals surface area contributed by atoms with Crippen molar-refractivity contribution in [2.24, 2.45) is 0 Å². The summed E-state index contributed by atoms with van der Waals surface area (Å²) in [6, 6.07) is 8.66. The van der Waals surface area contributed by atoms with Gasteiger partial charge in [-0.3, -0.25) is 0 Å². The van der Waals surface area contributed by atoms with E-state index in [0.29, 0.717) is 0 Å². The second kappa shape index (κ2) is 7.63. The van der Waals surface area contributed by atoms with Gasteiger partial charge >= 0.3 is 0 Å². The summed E-state index contributed by atoms with van der Waals surface area (Å²) >= 11 is 3.68. The van der Waals surface area contributed by atoms with E-state index in [9.17, 15) is 0 Å². The standard InChI is InChI=1S/C21H24N4OS2/c1-25(2)14-8-6-13(7-9-14)19-22-10-15(26-19)11-27-20-18-16-4-3-5-17(16)28-21(18)24-12-23-20/h6-9,12,15,19,22H,3-5,10-11H2,1-2H3/p+1/t15-,19-/m0/s1. The molecule has 1 aliphatic carbocycles. The van der Waals surface area contributed by atoms with Crippen molar-refractivity contribution in [3.05, 3.63) is 46.6 Å². The fraction of sp³-hybridized carbons (Fsp3) is 0.429. The van der Waals surface area contributed by atoms with Crippen molar-refractivity contribution in [1.29, 1.82) is 0 Å². The van der Waals surface area contributed by atoms with Crippen LogP contribution in [0.15, 0.2) is 35.6 Å². The van der Waals surface area contributed by atoms with Crippen LogP contribution >= 0.6 is 23.1 Å². The highest BCUT2D eigenvalue weighted by Gasteiger charge is 2.30. The van der Waals surface area contributed by atoms with Crippen molar-refractivity contribution < 1.29 is 10.1 Å². The molecule has 1 fully saturated rings. The first-order chi connectivity index (χ1) is 13.7. The third-order valence-corrected chi connectivity index (χ3v) is 7.88. The summed E-state index contributed by atoms with van der Waals surface area (Å²) in [5.74, 6) is 0.930. The summed E-state index contributed by atoms with van der Waals surface area (Å²) in [6.45, 7) is 0.989. The summed E-state index contributed by atoms with van der Waals surface area (Å²) < 4.78 is 6.32. The number of fused-ring (bicyclic) bond motifs is 3. The zero-order valence-electron chi connectivity index (χ0n) is 16.2. The number of quaternary nitrogens is 1. The van der Waals surface area contributed by atoms with E-state index in [4.69, 9.17) is 4.74 Å². The van der Waals surface area contributed by atoms with Gasteiger partial charge in [-0.2, -0.15) is 0 Å². The lowest BCUT2D eigenvalue weighted by atomic mass is 10.2. The van der Waals surface area contributed by atoms with Crippen LogP contribution in [0.3, 0.4) is 0 Å². The Morgan fingerprint density at radius 1 is 1.21 bits per heavy atom. The van der Waals surface area contributed by atoms with Crippen LogP contribution < -0.4 is 10.2 Å². The maximum absolute atomic E-state index is 6.32. The minimum Gasteiger partial charge on any atom is -0.378 e. The number of ether oxygens (including phenoxy) is 1. The Bertz CT molecular complexity index is 986. The highest BCUT2D eigenvalue weighted by molar-refractivity contribution is 7.99. The number of aromatic nitrogens is 2. The number of anilines is 1. The number of hydrogen-bond donors (Lipinski definition) is 1. The molecule has 146 valence electrons. The molecule has 0 radical (unpaired) electrons. The van der Waals surface area contributed by atoms with Gasteiger partial charge in [0.2, 0.25) is 6.23 Å². The normalized spacial score (nSPS) is 21.4. The highest BCUT2D eigenvalue weighted by Crippen LogP contribution is 2.40. The number of nitrogens with two attached hydrogens (primary N) is 1. The van der Waals surface area contributed by atoms with Gasteiger partial charge in [-0.25, -0.2) is 9.97 Å². The van der Waals surface area contributed by atoms with Crippen molar-refractivity contribution in [2.45, 2.75) is 36.6 Å². The zero-order valence-corrected chi connectivity index (χ0v) is 17.9. The van der Waals surface area contributed by atoms with Crippen LogP contribution in [-0.4, -0.2) is 42.5 Å². The maximum atomic E-state index is 6.32. The van der Waals surface area contributed by atoms with Gasteiger partial charge in [-0.05, 0) is 49.1 Å². The molecule has 1 aromatic carbocycles. The fourth-order valence-corrected chi connectivity index (χ4v) is 6.40. The summed E-state index contributed by atoms with van der Waals surface area (Å²) in [4.78, 5) is 13.9. The number of benzene rings is 1. The molecule has 2 aromatic heterocycles.